The molecule has 0 aromatic heterocycles. The largest absolute Gasteiger partial charge is 0.395 e. The van der Waals surface area contributed by atoms with Crippen molar-refractivity contribution in [2.45, 2.75) is 12.5 Å². The van der Waals surface area contributed by atoms with Crippen LogP contribution in [0.4, 0.5) is 0 Å². The third kappa shape index (κ3) is 6.09. The van der Waals surface area contributed by atoms with E-state index >= 15 is 0 Å². The molecule has 0 heterocycles. The molecule has 0 aliphatic carbocycles. The summed E-state index contributed by atoms with van der Waals surface area (Å²) in [6, 6.07) is -0.116. The summed E-state index contributed by atoms with van der Waals surface area (Å²) >= 11 is 0. The summed E-state index contributed by atoms with van der Waals surface area (Å²) in [5.74, 6) is -0.350. The first-order chi connectivity index (χ1) is 5.70. The van der Waals surface area contributed by atoms with Gasteiger partial charge in [-0.05, 0) is 0 Å². The summed E-state index contributed by atoms with van der Waals surface area (Å²) in [6.45, 7) is 0.895. The van der Waals surface area contributed by atoms with Gasteiger partial charge in [0, 0.05) is 20.1 Å². The zero-order valence-corrected chi connectivity index (χ0v) is 7.25. The highest BCUT2D eigenvalue weighted by atomic mass is 16.5. The molecule has 0 spiro atoms. The summed E-state index contributed by atoms with van der Waals surface area (Å²) < 4.78 is 4.81. The number of primary amides is 1. The van der Waals surface area contributed by atoms with Gasteiger partial charge in [-0.15, -0.1) is 0 Å². The first kappa shape index (κ1) is 11.4. The monoisotopic (exact) mass is 176 g/mol. The minimum absolute atomic E-state index is 0.00734. The number of carbonyl (C=O) groups excluding carboxylic acids is 1. The fourth-order valence-electron chi connectivity index (χ4n) is 0.777. The van der Waals surface area contributed by atoms with Gasteiger partial charge >= 0.3 is 0 Å². The number of aliphatic hydroxyl groups is 1. The molecule has 1 amide bonds. The van der Waals surface area contributed by atoms with Crippen LogP contribution in [0, 0.1) is 0 Å². The third-order valence-corrected chi connectivity index (χ3v) is 1.39. The molecule has 0 aliphatic heterocycles. The van der Waals surface area contributed by atoms with Crippen LogP contribution in [-0.2, 0) is 9.53 Å². The first-order valence-electron chi connectivity index (χ1n) is 3.82. The van der Waals surface area contributed by atoms with Crippen molar-refractivity contribution >= 4 is 5.91 Å². The number of methoxy groups -OCH3 is 1. The van der Waals surface area contributed by atoms with Crippen LogP contribution < -0.4 is 11.1 Å². The van der Waals surface area contributed by atoms with Crippen LogP contribution in [0.3, 0.4) is 0 Å². The van der Waals surface area contributed by atoms with Crippen LogP contribution in [-0.4, -0.2) is 43.9 Å². The molecule has 0 saturated carbocycles. The number of carbonyl (C=O) groups is 1. The van der Waals surface area contributed by atoms with E-state index in [2.05, 4.69) is 5.32 Å². The van der Waals surface area contributed by atoms with Gasteiger partial charge in [-0.3, -0.25) is 4.79 Å². The molecular formula is C7H16N2O3. The normalized spacial score (nSPS) is 12.8. The molecule has 0 aromatic rings. The zero-order chi connectivity index (χ0) is 9.40. The smallest absolute Gasteiger partial charge is 0.218 e. The van der Waals surface area contributed by atoms with Crippen LogP contribution in [0.5, 0.6) is 0 Å². The Hall–Kier alpha value is -0.650. The predicted octanol–water partition coefficient (Wildman–Crippen LogP) is -1.54. The van der Waals surface area contributed by atoms with Gasteiger partial charge < -0.3 is 20.9 Å². The van der Waals surface area contributed by atoms with Gasteiger partial charge in [-0.25, -0.2) is 0 Å². The number of rotatable bonds is 7. The van der Waals surface area contributed by atoms with E-state index in [-0.39, 0.29) is 25.0 Å². The first-order valence-corrected chi connectivity index (χ1v) is 3.82. The average molecular weight is 176 g/mol. The lowest BCUT2D eigenvalue weighted by molar-refractivity contribution is -0.117. The minimum atomic E-state index is -0.350. The molecule has 0 fully saturated rings. The van der Waals surface area contributed by atoms with Crippen molar-refractivity contribution < 1.29 is 14.6 Å². The van der Waals surface area contributed by atoms with E-state index in [4.69, 9.17) is 15.6 Å². The second-order valence-corrected chi connectivity index (χ2v) is 2.51. The van der Waals surface area contributed by atoms with E-state index in [0.29, 0.717) is 13.2 Å². The van der Waals surface area contributed by atoms with E-state index in [1.54, 1.807) is 7.11 Å². The van der Waals surface area contributed by atoms with Gasteiger partial charge in [-0.2, -0.15) is 0 Å². The molecule has 12 heavy (non-hydrogen) atoms. The maximum Gasteiger partial charge on any atom is 0.218 e. The number of nitrogens with one attached hydrogen (secondary N) is 1. The lowest BCUT2D eigenvalue weighted by Crippen LogP contribution is -2.38. The highest BCUT2D eigenvalue weighted by molar-refractivity contribution is 5.73. The lowest BCUT2D eigenvalue weighted by atomic mass is 10.3. The van der Waals surface area contributed by atoms with Crippen molar-refractivity contribution in [2.24, 2.45) is 5.73 Å². The molecule has 72 valence electrons. The summed E-state index contributed by atoms with van der Waals surface area (Å²) in [5.41, 5.74) is 4.92. The highest BCUT2D eigenvalue weighted by Crippen LogP contribution is 1.83. The second kappa shape index (κ2) is 7.02. The number of nitrogens with two attached hydrogens (primary N) is 1. The molecule has 5 nitrogen and oxygen atoms in total. The molecular weight excluding hydrogens is 160 g/mol. The molecule has 0 rings (SSSR count). The summed E-state index contributed by atoms with van der Waals surface area (Å²) in [4.78, 5) is 10.3. The number of hydrogen-bond acceptors (Lipinski definition) is 4. The zero-order valence-electron chi connectivity index (χ0n) is 7.25. The van der Waals surface area contributed by atoms with Gasteiger partial charge in [0.25, 0.3) is 0 Å². The Morgan fingerprint density at radius 1 is 1.75 bits per heavy atom. The Morgan fingerprint density at radius 3 is 2.83 bits per heavy atom. The molecule has 0 radical (unpaired) electrons. The maximum absolute atomic E-state index is 10.3. The van der Waals surface area contributed by atoms with Crippen LogP contribution in [0.2, 0.25) is 0 Å². The van der Waals surface area contributed by atoms with Gasteiger partial charge in [0.15, 0.2) is 0 Å². The molecule has 4 N–H and O–H groups in total. The number of ether oxygens (including phenoxy) is 1. The number of amides is 1. The van der Waals surface area contributed by atoms with Crippen LogP contribution in [0.15, 0.2) is 0 Å². The van der Waals surface area contributed by atoms with Gasteiger partial charge in [0.05, 0.1) is 19.3 Å². The van der Waals surface area contributed by atoms with Crippen molar-refractivity contribution in [1.29, 1.82) is 0 Å². The molecule has 1 unspecified atom stereocenters. The van der Waals surface area contributed by atoms with Gasteiger partial charge in [0.1, 0.15) is 0 Å². The van der Waals surface area contributed by atoms with Crippen molar-refractivity contribution in [3.63, 3.8) is 0 Å². The van der Waals surface area contributed by atoms with E-state index in [1.165, 1.54) is 0 Å². The van der Waals surface area contributed by atoms with Crippen LogP contribution in [0.25, 0.3) is 0 Å². The standard InChI is InChI=1S/C7H16N2O3/c1-12-5-6(4-10)9-3-2-7(8)11/h6,9-10H,2-5H2,1H3,(H2,8,11). The molecule has 0 saturated heterocycles. The molecule has 0 aromatic carbocycles. The molecule has 5 heteroatoms. The van der Waals surface area contributed by atoms with E-state index in [9.17, 15) is 4.79 Å². The average Bonchev–Trinajstić information content (AvgIpc) is 2.02. The van der Waals surface area contributed by atoms with Crippen LogP contribution >= 0.6 is 0 Å². The fourth-order valence-corrected chi connectivity index (χ4v) is 0.777. The minimum Gasteiger partial charge on any atom is -0.395 e. The fraction of sp³-hybridized carbons (Fsp3) is 0.857. The Bertz CT molecular complexity index is 130. The summed E-state index contributed by atoms with van der Waals surface area (Å²) in [5, 5.41) is 11.7. The number of aliphatic hydroxyl groups excluding tert-OH is 1. The van der Waals surface area contributed by atoms with Crippen molar-refractivity contribution in [3.8, 4) is 0 Å². The van der Waals surface area contributed by atoms with Gasteiger partial charge in [-0.1, -0.05) is 0 Å². The second-order valence-electron chi connectivity index (χ2n) is 2.51. The summed E-state index contributed by atoms with van der Waals surface area (Å²) in [6.07, 6.45) is 0.278. The van der Waals surface area contributed by atoms with Crippen molar-refractivity contribution in [3.05, 3.63) is 0 Å². The molecule has 1 atom stereocenters. The Morgan fingerprint density at radius 2 is 2.42 bits per heavy atom. The lowest BCUT2D eigenvalue weighted by Gasteiger charge is -2.13. The number of hydrogen-bond donors (Lipinski definition) is 3. The Kier molecular flexibility index (Phi) is 6.64. The predicted molar refractivity (Wildman–Crippen MR) is 44.6 cm³/mol. The molecule has 0 aliphatic rings. The highest BCUT2D eigenvalue weighted by Gasteiger charge is 2.05. The van der Waals surface area contributed by atoms with Gasteiger partial charge in [0.2, 0.25) is 5.91 Å². The maximum atomic E-state index is 10.3. The summed E-state index contributed by atoms with van der Waals surface area (Å²) in [7, 11) is 1.55. The van der Waals surface area contributed by atoms with Crippen LogP contribution in [0.1, 0.15) is 6.42 Å². The Labute approximate surface area is 71.9 Å². The van der Waals surface area contributed by atoms with E-state index in [0.717, 1.165) is 0 Å². The molecule has 0 bridgehead atoms. The third-order valence-electron chi connectivity index (χ3n) is 1.39. The van der Waals surface area contributed by atoms with E-state index < -0.39 is 0 Å². The Balaban J connectivity index is 3.37. The quantitative estimate of drug-likeness (QED) is 0.439. The van der Waals surface area contributed by atoms with Crippen molar-refractivity contribution in [2.75, 3.05) is 26.9 Å². The van der Waals surface area contributed by atoms with E-state index in [1.807, 2.05) is 0 Å². The SMILES string of the molecule is COCC(CO)NCCC(N)=O. The van der Waals surface area contributed by atoms with Crippen molar-refractivity contribution in [1.82, 2.24) is 5.32 Å². The topological polar surface area (TPSA) is 84.6 Å².